The Morgan fingerprint density at radius 1 is 1.29 bits per heavy atom. The Balaban J connectivity index is 1.77. The molecule has 144 valence electrons. The maximum Gasteiger partial charge on any atom is 0.223 e. The molecule has 3 aromatic rings. The fourth-order valence-electron chi connectivity index (χ4n) is 4.05. The summed E-state index contributed by atoms with van der Waals surface area (Å²) in [4.78, 5) is 4.03. The van der Waals surface area contributed by atoms with Gasteiger partial charge in [0.25, 0.3) is 0 Å². The van der Waals surface area contributed by atoms with Crippen LogP contribution in [0.3, 0.4) is 0 Å². The van der Waals surface area contributed by atoms with Crippen LogP contribution in [0.15, 0.2) is 48.8 Å². The van der Waals surface area contributed by atoms with Crippen molar-refractivity contribution < 1.29 is 9.47 Å². The number of benzene rings is 1. The van der Waals surface area contributed by atoms with Crippen LogP contribution in [0.1, 0.15) is 31.5 Å². The van der Waals surface area contributed by atoms with Gasteiger partial charge in [-0.2, -0.15) is 10.4 Å². The molecule has 0 amide bonds. The van der Waals surface area contributed by atoms with E-state index in [0.29, 0.717) is 23.6 Å². The van der Waals surface area contributed by atoms with Crippen LogP contribution in [0.5, 0.6) is 0 Å². The Labute approximate surface area is 163 Å². The molecule has 1 aliphatic rings. The third kappa shape index (κ3) is 2.82. The molecule has 0 bridgehead atoms. The van der Waals surface area contributed by atoms with E-state index in [-0.39, 0.29) is 12.0 Å². The minimum Gasteiger partial charge on any atom is -0.382 e. The topological polar surface area (TPSA) is 98.5 Å². The molecular weight excluding hydrogens is 354 g/mol. The highest BCUT2D eigenvalue weighted by atomic mass is 16.6. The number of aromatic nitrogens is 3. The lowest BCUT2D eigenvalue weighted by atomic mass is 9.87. The third-order valence-corrected chi connectivity index (χ3v) is 5.51. The quantitative estimate of drug-likeness (QED) is 0.734. The van der Waals surface area contributed by atoms with E-state index in [1.807, 2.05) is 42.5 Å². The van der Waals surface area contributed by atoms with Crippen LogP contribution in [0.2, 0.25) is 0 Å². The summed E-state index contributed by atoms with van der Waals surface area (Å²) in [6.45, 7) is 4.53. The highest BCUT2D eigenvalue weighted by Crippen LogP contribution is 2.46. The number of ether oxygens (including phenoxy) is 2. The molecule has 4 atom stereocenters. The van der Waals surface area contributed by atoms with Gasteiger partial charge in [-0.25, -0.2) is 9.50 Å². The monoisotopic (exact) mass is 377 g/mol. The van der Waals surface area contributed by atoms with Crippen LogP contribution in [0.4, 0.5) is 5.82 Å². The second-order valence-electron chi connectivity index (χ2n) is 7.15. The number of hydrogen-bond donors (Lipinski definition) is 1. The van der Waals surface area contributed by atoms with E-state index in [2.05, 4.69) is 30.0 Å². The van der Waals surface area contributed by atoms with Crippen molar-refractivity contribution >= 4 is 11.3 Å². The molecule has 1 saturated heterocycles. The summed E-state index contributed by atoms with van der Waals surface area (Å²) in [6.07, 6.45) is 1.63. The Kier molecular flexibility index (Phi) is 4.75. The zero-order chi connectivity index (χ0) is 19.7. The number of rotatable bonds is 5. The van der Waals surface area contributed by atoms with Crippen molar-refractivity contribution in [1.82, 2.24) is 14.6 Å². The van der Waals surface area contributed by atoms with Gasteiger partial charge in [0.2, 0.25) is 5.60 Å². The molecule has 1 aliphatic heterocycles. The van der Waals surface area contributed by atoms with E-state index in [4.69, 9.17) is 15.2 Å². The van der Waals surface area contributed by atoms with Crippen molar-refractivity contribution in [3.63, 3.8) is 0 Å². The fraction of sp³-hybridized carbons (Fsp3) is 0.381. The molecule has 7 heteroatoms. The normalized spacial score (nSPS) is 27.1. The van der Waals surface area contributed by atoms with Crippen molar-refractivity contribution in [2.75, 3.05) is 5.73 Å². The van der Waals surface area contributed by atoms with E-state index in [1.165, 1.54) is 6.33 Å². The third-order valence-electron chi connectivity index (χ3n) is 5.51. The molecule has 3 heterocycles. The van der Waals surface area contributed by atoms with Crippen molar-refractivity contribution in [2.24, 2.45) is 5.92 Å². The molecule has 2 aromatic heterocycles. The first-order valence-corrected chi connectivity index (χ1v) is 9.44. The Morgan fingerprint density at radius 2 is 2.07 bits per heavy atom. The van der Waals surface area contributed by atoms with Crippen molar-refractivity contribution in [3.05, 3.63) is 60.0 Å². The van der Waals surface area contributed by atoms with Gasteiger partial charge in [-0.1, -0.05) is 44.2 Å². The van der Waals surface area contributed by atoms with Gasteiger partial charge in [0.15, 0.2) is 5.82 Å². The predicted molar refractivity (Wildman–Crippen MR) is 104 cm³/mol. The Bertz CT molecular complexity index is 1010. The summed E-state index contributed by atoms with van der Waals surface area (Å²) < 4.78 is 14.3. The summed E-state index contributed by atoms with van der Waals surface area (Å²) in [5.41, 5.74) is 7.00. The second kappa shape index (κ2) is 7.23. The average Bonchev–Trinajstić information content (AvgIpc) is 3.28. The van der Waals surface area contributed by atoms with E-state index >= 15 is 0 Å². The van der Waals surface area contributed by atoms with Crippen LogP contribution in [-0.2, 0) is 21.7 Å². The van der Waals surface area contributed by atoms with E-state index < -0.39 is 11.7 Å². The lowest BCUT2D eigenvalue weighted by Gasteiger charge is -2.28. The maximum atomic E-state index is 10.3. The minimum absolute atomic E-state index is 0.0399. The van der Waals surface area contributed by atoms with E-state index in [1.54, 1.807) is 4.52 Å². The number of fused-ring (bicyclic) bond motifs is 1. The fourth-order valence-corrected chi connectivity index (χ4v) is 4.05. The number of hydrogen-bond acceptors (Lipinski definition) is 6. The molecular formula is C21H23N5O2. The van der Waals surface area contributed by atoms with Gasteiger partial charge in [-0.05, 0) is 24.1 Å². The van der Waals surface area contributed by atoms with Crippen LogP contribution >= 0.6 is 0 Å². The van der Waals surface area contributed by atoms with Crippen LogP contribution in [0.25, 0.3) is 5.52 Å². The first-order valence-electron chi connectivity index (χ1n) is 9.44. The lowest BCUT2D eigenvalue weighted by Crippen LogP contribution is -2.40. The highest BCUT2D eigenvalue weighted by Gasteiger charge is 2.57. The maximum absolute atomic E-state index is 10.3. The molecule has 0 saturated carbocycles. The van der Waals surface area contributed by atoms with Crippen LogP contribution in [0, 0.1) is 17.2 Å². The smallest absolute Gasteiger partial charge is 0.223 e. The van der Waals surface area contributed by atoms with Crippen molar-refractivity contribution in [1.29, 1.82) is 5.26 Å². The van der Waals surface area contributed by atoms with Gasteiger partial charge in [0, 0.05) is 5.92 Å². The standard InChI is InChI=1S/C21H23N5O2/c1-3-17-14(2)19(27-11-15-7-5-4-6-8-15)21(12-22,28-17)18-10-9-16-20(23)24-13-25-26(16)18/h4-10,13-14,17,19H,3,11H2,1-2H3,(H2,23,24,25)/t14-,17-,19?,21?/m1/s1. The first-order chi connectivity index (χ1) is 13.6. The highest BCUT2D eigenvalue weighted by molar-refractivity contribution is 5.66. The molecule has 2 unspecified atom stereocenters. The molecule has 4 rings (SSSR count). The van der Waals surface area contributed by atoms with Gasteiger partial charge in [-0.3, -0.25) is 0 Å². The SMILES string of the molecule is CC[C@H]1OC(C#N)(c2ccc3c(N)ncnn23)C(OCc2ccccc2)[C@@H]1C. The summed E-state index contributed by atoms with van der Waals surface area (Å²) in [7, 11) is 0. The summed E-state index contributed by atoms with van der Waals surface area (Å²) in [5, 5.41) is 14.6. The van der Waals surface area contributed by atoms with Gasteiger partial charge >= 0.3 is 0 Å². The van der Waals surface area contributed by atoms with Crippen molar-refractivity contribution in [3.8, 4) is 6.07 Å². The van der Waals surface area contributed by atoms with Crippen LogP contribution in [-0.4, -0.2) is 26.8 Å². The summed E-state index contributed by atoms with van der Waals surface area (Å²) >= 11 is 0. The number of nitrogen functional groups attached to an aromatic ring is 1. The second-order valence-corrected chi connectivity index (χ2v) is 7.15. The minimum atomic E-state index is -1.28. The summed E-state index contributed by atoms with van der Waals surface area (Å²) in [6, 6.07) is 16.0. The Hall–Kier alpha value is -2.95. The van der Waals surface area contributed by atoms with Gasteiger partial charge < -0.3 is 15.2 Å². The molecule has 0 spiro atoms. The number of anilines is 1. The van der Waals surface area contributed by atoms with Gasteiger partial charge in [-0.15, -0.1) is 0 Å². The molecule has 1 aromatic carbocycles. The zero-order valence-corrected chi connectivity index (χ0v) is 15.9. The first kappa shape index (κ1) is 18.4. The van der Waals surface area contributed by atoms with E-state index in [0.717, 1.165) is 12.0 Å². The zero-order valence-electron chi connectivity index (χ0n) is 15.9. The average molecular weight is 377 g/mol. The number of nitriles is 1. The molecule has 0 aliphatic carbocycles. The molecule has 0 radical (unpaired) electrons. The largest absolute Gasteiger partial charge is 0.382 e. The van der Waals surface area contributed by atoms with Gasteiger partial charge in [0.05, 0.1) is 18.4 Å². The summed E-state index contributed by atoms with van der Waals surface area (Å²) in [5.74, 6) is 0.396. The molecule has 28 heavy (non-hydrogen) atoms. The number of nitrogens with zero attached hydrogens (tertiary/aromatic N) is 4. The Morgan fingerprint density at radius 3 is 2.79 bits per heavy atom. The molecule has 1 fully saturated rings. The van der Waals surface area contributed by atoms with E-state index in [9.17, 15) is 5.26 Å². The molecule has 7 nitrogen and oxygen atoms in total. The van der Waals surface area contributed by atoms with Gasteiger partial charge in [0.1, 0.15) is 24.0 Å². The number of nitrogens with two attached hydrogens (primary N) is 1. The van der Waals surface area contributed by atoms with Crippen LogP contribution < -0.4 is 5.73 Å². The molecule has 2 N–H and O–H groups in total. The van der Waals surface area contributed by atoms with Crippen molar-refractivity contribution in [2.45, 2.75) is 44.7 Å². The lowest BCUT2D eigenvalue weighted by molar-refractivity contribution is -0.0817. The predicted octanol–water partition coefficient (Wildman–Crippen LogP) is 3.06.